The summed E-state index contributed by atoms with van der Waals surface area (Å²) in [5.74, 6) is 3.72. The highest BCUT2D eigenvalue weighted by Crippen LogP contribution is 2.23. The van der Waals surface area contributed by atoms with E-state index in [9.17, 15) is 0 Å². The molecule has 0 radical (unpaired) electrons. The molecule has 6 nitrogen and oxygen atoms in total. The van der Waals surface area contributed by atoms with Gasteiger partial charge in [0.05, 0.1) is 20.3 Å². The van der Waals surface area contributed by atoms with Crippen LogP contribution < -0.4 is 14.8 Å². The lowest BCUT2D eigenvalue weighted by Crippen LogP contribution is -2.21. The maximum atomic E-state index is 5.30. The van der Waals surface area contributed by atoms with E-state index in [0.29, 0.717) is 0 Å². The van der Waals surface area contributed by atoms with Crippen LogP contribution in [0, 0.1) is 0 Å². The molecule has 0 unspecified atom stereocenters. The number of ether oxygens (including phenoxy) is 2. The molecule has 3 rings (SSSR count). The van der Waals surface area contributed by atoms with Crippen LogP contribution >= 0.6 is 0 Å². The molecular weight excluding hydrogens is 280 g/mol. The van der Waals surface area contributed by atoms with E-state index in [1.165, 1.54) is 0 Å². The third-order valence-electron chi connectivity index (χ3n) is 4.05. The van der Waals surface area contributed by atoms with Crippen molar-refractivity contribution in [2.45, 2.75) is 38.9 Å². The van der Waals surface area contributed by atoms with Crippen LogP contribution in [-0.4, -0.2) is 29.0 Å². The number of aromatic nitrogens is 3. The molecule has 1 aromatic heterocycles. The Labute approximate surface area is 130 Å². The lowest BCUT2D eigenvalue weighted by atomic mass is 10.2. The topological polar surface area (TPSA) is 61.2 Å². The average Bonchev–Trinajstić information content (AvgIpc) is 3.15. The molecule has 1 aliphatic rings. The first-order valence-electron chi connectivity index (χ1n) is 7.58. The summed E-state index contributed by atoms with van der Waals surface area (Å²) in [5.41, 5.74) is 1.12. The Morgan fingerprint density at radius 2 is 1.91 bits per heavy atom. The van der Waals surface area contributed by atoms with Gasteiger partial charge in [0.15, 0.2) is 0 Å². The van der Waals surface area contributed by atoms with E-state index in [0.717, 1.165) is 54.6 Å². The van der Waals surface area contributed by atoms with Gasteiger partial charge in [0.2, 0.25) is 0 Å². The predicted octanol–water partition coefficient (Wildman–Crippen LogP) is 2.09. The third kappa shape index (κ3) is 2.92. The smallest absolute Gasteiger partial charge is 0.149 e. The van der Waals surface area contributed by atoms with Crippen molar-refractivity contribution in [2.75, 3.05) is 14.2 Å². The zero-order valence-corrected chi connectivity index (χ0v) is 13.3. The van der Waals surface area contributed by atoms with Crippen LogP contribution in [0.3, 0.4) is 0 Å². The molecule has 1 atom stereocenters. The lowest BCUT2D eigenvalue weighted by molar-refractivity contribution is 0.392. The SMILES string of the molecule is COc1cc(CN[C@@H](C)c2nnc3n2CCC3)cc(OC)c1. The number of rotatable bonds is 6. The van der Waals surface area contributed by atoms with Crippen LogP contribution in [0.4, 0.5) is 0 Å². The molecule has 22 heavy (non-hydrogen) atoms. The second kappa shape index (κ2) is 6.36. The Hall–Kier alpha value is -2.08. The molecule has 2 heterocycles. The summed E-state index contributed by atoms with van der Waals surface area (Å²) in [7, 11) is 3.32. The number of benzene rings is 1. The van der Waals surface area contributed by atoms with E-state index < -0.39 is 0 Å². The summed E-state index contributed by atoms with van der Waals surface area (Å²) in [6, 6.07) is 6.04. The summed E-state index contributed by atoms with van der Waals surface area (Å²) in [5, 5.41) is 12.1. The van der Waals surface area contributed by atoms with Crippen LogP contribution in [0.15, 0.2) is 18.2 Å². The van der Waals surface area contributed by atoms with Crippen molar-refractivity contribution in [3.63, 3.8) is 0 Å². The molecule has 6 heteroatoms. The minimum atomic E-state index is 0.150. The molecule has 1 aromatic carbocycles. The highest BCUT2D eigenvalue weighted by atomic mass is 16.5. The van der Waals surface area contributed by atoms with Gasteiger partial charge in [0.25, 0.3) is 0 Å². The van der Waals surface area contributed by atoms with Gasteiger partial charge in [-0.05, 0) is 31.0 Å². The summed E-state index contributed by atoms with van der Waals surface area (Å²) in [6.07, 6.45) is 2.20. The lowest BCUT2D eigenvalue weighted by Gasteiger charge is -2.15. The summed E-state index contributed by atoms with van der Waals surface area (Å²) in [4.78, 5) is 0. The van der Waals surface area contributed by atoms with Gasteiger partial charge in [-0.15, -0.1) is 10.2 Å². The van der Waals surface area contributed by atoms with Gasteiger partial charge in [0, 0.05) is 25.6 Å². The second-order valence-electron chi connectivity index (χ2n) is 5.55. The Bertz CT molecular complexity index is 631. The van der Waals surface area contributed by atoms with Crippen LogP contribution in [0.1, 0.15) is 36.6 Å². The van der Waals surface area contributed by atoms with Crippen molar-refractivity contribution < 1.29 is 9.47 Å². The minimum absolute atomic E-state index is 0.150. The standard InChI is InChI=1S/C16H22N4O2/c1-11(16-19-18-15-5-4-6-20(15)16)17-10-12-7-13(21-2)9-14(8-12)22-3/h7-9,11,17H,4-6,10H2,1-3H3/t11-/m0/s1. The fourth-order valence-corrected chi connectivity index (χ4v) is 2.82. The van der Waals surface area contributed by atoms with Gasteiger partial charge < -0.3 is 19.4 Å². The Kier molecular flexibility index (Phi) is 4.29. The number of fused-ring (bicyclic) bond motifs is 1. The van der Waals surface area contributed by atoms with E-state index >= 15 is 0 Å². The summed E-state index contributed by atoms with van der Waals surface area (Å²) < 4.78 is 12.8. The van der Waals surface area contributed by atoms with Gasteiger partial charge in [-0.2, -0.15) is 0 Å². The van der Waals surface area contributed by atoms with Gasteiger partial charge >= 0.3 is 0 Å². The molecule has 0 aliphatic carbocycles. The maximum absolute atomic E-state index is 5.30. The van der Waals surface area contributed by atoms with E-state index in [-0.39, 0.29) is 6.04 Å². The normalized spacial score (nSPS) is 14.7. The molecule has 2 aromatic rings. The number of aryl methyl sites for hydroxylation is 1. The molecule has 0 fully saturated rings. The number of hydrogen-bond acceptors (Lipinski definition) is 5. The monoisotopic (exact) mass is 302 g/mol. The molecular formula is C16H22N4O2. The fraction of sp³-hybridized carbons (Fsp3) is 0.500. The van der Waals surface area contributed by atoms with Gasteiger partial charge in [-0.25, -0.2) is 0 Å². The van der Waals surface area contributed by atoms with Crippen molar-refractivity contribution >= 4 is 0 Å². The Morgan fingerprint density at radius 3 is 2.59 bits per heavy atom. The quantitative estimate of drug-likeness (QED) is 0.885. The van der Waals surface area contributed by atoms with Crippen molar-refractivity contribution in [1.82, 2.24) is 20.1 Å². The molecule has 0 saturated heterocycles. The first kappa shape index (κ1) is 14.8. The largest absolute Gasteiger partial charge is 0.497 e. The molecule has 0 saturated carbocycles. The van der Waals surface area contributed by atoms with Crippen LogP contribution in [0.5, 0.6) is 11.5 Å². The summed E-state index contributed by atoms with van der Waals surface area (Å²) >= 11 is 0. The average molecular weight is 302 g/mol. The predicted molar refractivity (Wildman–Crippen MR) is 83.1 cm³/mol. The fourth-order valence-electron chi connectivity index (χ4n) is 2.82. The molecule has 0 spiro atoms. The molecule has 0 amide bonds. The molecule has 1 aliphatic heterocycles. The number of nitrogens with zero attached hydrogens (tertiary/aromatic N) is 3. The number of methoxy groups -OCH3 is 2. The van der Waals surface area contributed by atoms with Crippen molar-refractivity contribution in [2.24, 2.45) is 0 Å². The molecule has 1 N–H and O–H groups in total. The number of hydrogen-bond donors (Lipinski definition) is 1. The van der Waals surface area contributed by atoms with Gasteiger partial charge in [0.1, 0.15) is 23.1 Å². The Balaban J connectivity index is 1.69. The number of nitrogens with one attached hydrogen (secondary N) is 1. The highest BCUT2D eigenvalue weighted by molar-refractivity contribution is 5.38. The maximum Gasteiger partial charge on any atom is 0.149 e. The van der Waals surface area contributed by atoms with E-state index in [1.807, 2.05) is 18.2 Å². The van der Waals surface area contributed by atoms with Gasteiger partial charge in [-0.3, -0.25) is 0 Å². The van der Waals surface area contributed by atoms with Crippen molar-refractivity contribution in [1.29, 1.82) is 0 Å². The van der Waals surface area contributed by atoms with Crippen LogP contribution in [-0.2, 0) is 19.5 Å². The van der Waals surface area contributed by atoms with Crippen molar-refractivity contribution in [3.8, 4) is 11.5 Å². The molecule has 0 bridgehead atoms. The third-order valence-corrected chi connectivity index (χ3v) is 4.05. The molecule has 118 valence electrons. The van der Waals surface area contributed by atoms with E-state index in [1.54, 1.807) is 14.2 Å². The van der Waals surface area contributed by atoms with E-state index in [4.69, 9.17) is 9.47 Å². The first-order chi connectivity index (χ1) is 10.7. The zero-order valence-electron chi connectivity index (χ0n) is 13.3. The van der Waals surface area contributed by atoms with Crippen LogP contribution in [0.2, 0.25) is 0 Å². The van der Waals surface area contributed by atoms with Gasteiger partial charge in [-0.1, -0.05) is 0 Å². The second-order valence-corrected chi connectivity index (χ2v) is 5.55. The Morgan fingerprint density at radius 1 is 1.18 bits per heavy atom. The summed E-state index contributed by atoms with van der Waals surface area (Å²) in [6.45, 7) is 3.86. The van der Waals surface area contributed by atoms with E-state index in [2.05, 4.69) is 27.0 Å². The van der Waals surface area contributed by atoms with Crippen LogP contribution in [0.25, 0.3) is 0 Å². The zero-order chi connectivity index (χ0) is 15.5. The highest BCUT2D eigenvalue weighted by Gasteiger charge is 2.20. The first-order valence-corrected chi connectivity index (χ1v) is 7.58. The minimum Gasteiger partial charge on any atom is -0.497 e. The van der Waals surface area contributed by atoms with Crippen molar-refractivity contribution in [3.05, 3.63) is 35.4 Å².